The molecular formula is C11H18N4. The van der Waals surface area contributed by atoms with Crippen LogP contribution in [0.3, 0.4) is 0 Å². The smallest absolute Gasteiger partial charge is 0.133 e. The quantitative estimate of drug-likeness (QED) is 0.748. The van der Waals surface area contributed by atoms with E-state index in [2.05, 4.69) is 26.7 Å². The van der Waals surface area contributed by atoms with Crippen molar-refractivity contribution in [1.29, 1.82) is 0 Å². The lowest BCUT2D eigenvalue weighted by atomic mass is 9.96. The highest BCUT2D eigenvalue weighted by atomic mass is 15.3. The second-order valence-electron chi connectivity index (χ2n) is 4.10. The van der Waals surface area contributed by atoms with Crippen LogP contribution in [0.5, 0.6) is 0 Å². The number of nitrogens with zero attached hydrogens (tertiary/aromatic N) is 3. The first-order chi connectivity index (χ1) is 7.40. The maximum atomic E-state index is 4.17. The van der Waals surface area contributed by atoms with Crippen LogP contribution in [0.2, 0.25) is 0 Å². The SMILES string of the molecule is C=CCn1cnnc1CC1CCCNC1. The molecule has 1 unspecified atom stereocenters. The first-order valence-corrected chi connectivity index (χ1v) is 5.58. The maximum Gasteiger partial charge on any atom is 0.133 e. The fraction of sp³-hybridized carbons (Fsp3) is 0.636. The van der Waals surface area contributed by atoms with E-state index in [1.807, 2.05) is 6.08 Å². The van der Waals surface area contributed by atoms with Gasteiger partial charge in [0.25, 0.3) is 0 Å². The summed E-state index contributed by atoms with van der Waals surface area (Å²) in [5.74, 6) is 1.80. The second-order valence-corrected chi connectivity index (χ2v) is 4.10. The Morgan fingerprint density at radius 1 is 1.67 bits per heavy atom. The number of hydrogen-bond acceptors (Lipinski definition) is 3. The van der Waals surface area contributed by atoms with Crippen LogP contribution < -0.4 is 5.32 Å². The Morgan fingerprint density at radius 3 is 3.33 bits per heavy atom. The molecule has 2 rings (SSSR count). The molecule has 0 aromatic carbocycles. The molecule has 0 spiro atoms. The van der Waals surface area contributed by atoms with Gasteiger partial charge in [-0.3, -0.25) is 0 Å². The van der Waals surface area contributed by atoms with Crippen LogP contribution in [-0.4, -0.2) is 27.9 Å². The van der Waals surface area contributed by atoms with E-state index in [9.17, 15) is 0 Å². The number of aromatic nitrogens is 3. The summed E-state index contributed by atoms with van der Waals surface area (Å²) in [6.07, 6.45) is 7.27. The molecule has 0 amide bonds. The molecule has 0 bridgehead atoms. The molecule has 1 aromatic heterocycles. The molecule has 4 nitrogen and oxygen atoms in total. The molecule has 82 valence electrons. The zero-order valence-corrected chi connectivity index (χ0v) is 9.02. The van der Waals surface area contributed by atoms with Gasteiger partial charge < -0.3 is 9.88 Å². The monoisotopic (exact) mass is 206 g/mol. The van der Waals surface area contributed by atoms with Crippen LogP contribution in [0, 0.1) is 5.92 Å². The topological polar surface area (TPSA) is 42.7 Å². The Kier molecular flexibility index (Phi) is 3.50. The lowest BCUT2D eigenvalue weighted by molar-refractivity contribution is 0.367. The molecule has 2 heterocycles. The third kappa shape index (κ3) is 2.65. The lowest BCUT2D eigenvalue weighted by Crippen LogP contribution is -2.31. The van der Waals surface area contributed by atoms with Crippen molar-refractivity contribution in [2.24, 2.45) is 5.92 Å². The third-order valence-electron chi connectivity index (χ3n) is 2.89. The van der Waals surface area contributed by atoms with E-state index in [1.165, 1.54) is 12.8 Å². The molecule has 4 heteroatoms. The van der Waals surface area contributed by atoms with Crippen molar-refractivity contribution in [1.82, 2.24) is 20.1 Å². The van der Waals surface area contributed by atoms with E-state index in [1.54, 1.807) is 6.33 Å². The minimum absolute atomic E-state index is 0.714. The van der Waals surface area contributed by atoms with Crippen LogP contribution in [0.25, 0.3) is 0 Å². The first kappa shape index (κ1) is 10.4. The molecule has 1 fully saturated rings. The molecule has 1 N–H and O–H groups in total. The summed E-state index contributed by atoms with van der Waals surface area (Å²) < 4.78 is 2.07. The van der Waals surface area contributed by atoms with Crippen molar-refractivity contribution >= 4 is 0 Å². The largest absolute Gasteiger partial charge is 0.316 e. The molecule has 0 saturated carbocycles. The fourth-order valence-electron chi connectivity index (χ4n) is 2.08. The Balaban J connectivity index is 1.96. The Hall–Kier alpha value is -1.16. The summed E-state index contributed by atoms with van der Waals surface area (Å²) in [7, 11) is 0. The van der Waals surface area contributed by atoms with Gasteiger partial charge in [0.1, 0.15) is 12.2 Å². The van der Waals surface area contributed by atoms with Gasteiger partial charge >= 0.3 is 0 Å². The van der Waals surface area contributed by atoms with Gasteiger partial charge in [-0.25, -0.2) is 0 Å². The van der Waals surface area contributed by atoms with Gasteiger partial charge in [-0.05, 0) is 31.8 Å². The molecule has 1 aliphatic rings. The standard InChI is InChI=1S/C11H18N4/c1-2-6-15-9-13-14-11(15)7-10-4-3-5-12-8-10/h2,9-10,12H,1,3-8H2. The molecular weight excluding hydrogens is 188 g/mol. The summed E-state index contributed by atoms with van der Waals surface area (Å²) >= 11 is 0. The van der Waals surface area contributed by atoms with E-state index in [0.29, 0.717) is 5.92 Å². The summed E-state index contributed by atoms with van der Waals surface area (Å²) in [6.45, 7) is 6.82. The molecule has 15 heavy (non-hydrogen) atoms. The van der Waals surface area contributed by atoms with Gasteiger partial charge in [0.05, 0.1) is 0 Å². The Labute approximate surface area is 90.4 Å². The summed E-state index contributed by atoms with van der Waals surface area (Å²) in [4.78, 5) is 0. The van der Waals surface area contributed by atoms with Crippen molar-refractivity contribution in [3.63, 3.8) is 0 Å². The fourth-order valence-corrected chi connectivity index (χ4v) is 2.08. The average Bonchev–Trinajstić information content (AvgIpc) is 2.68. The van der Waals surface area contributed by atoms with Crippen molar-refractivity contribution < 1.29 is 0 Å². The van der Waals surface area contributed by atoms with Crippen molar-refractivity contribution in [3.8, 4) is 0 Å². The van der Waals surface area contributed by atoms with Crippen LogP contribution in [0.1, 0.15) is 18.7 Å². The molecule has 1 aromatic rings. The van der Waals surface area contributed by atoms with E-state index in [-0.39, 0.29) is 0 Å². The van der Waals surface area contributed by atoms with Crippen molar-refractivity contribution in [2.45, 2.75) is 25.8 Å². The summed E-state index contributed by atoms with van der Waals surface area (Å²) in [6, 6.07) is 0. The highest BCUT2D eigenvalue weighted by Gasteiger charge is 2.16. The van der Waals surface area contributed by atoms with Crippen LogP contribution >= 0.6 is 0 Å². The second kappa shape index (κ2) is 5.07. The highest BCUT2D eigenvalue weighted by Crippen LogP contribution is 2.14. The minimum atomic E-state index is 0.714. The predicted molar refractivity (Wildman–Crippen MR) is 59.5 cm³/mol. The van der Waals surface area contributed by atoms with Gasteiger partial charge in [0, 0.05) is 13.0 Å². The van der Waals surface area contributed by atoms with E-state index in [0.717, 1.165) is 31.9 Å². The number of hydrogen-bond donors (Lipinski definition) is 1. The third-order valence-corrected chi connectivity index (χ3v) is 2.89. The van der Waals surface area contributed by atoms with E-state index in [4.69, 9.17) is 0 Å². The van der Waals surface area contributed by atoms with E-state index < -0.39 is 0 Å². The predicted octanol–water partition coefficient (Wildman–Crippen LogP) is 1.01. The van der Waals surface area contributed by atoms with Crippen LogP contribution in [0.4, 0.5) is 0 Å². The number of allylic oxidation sites excluding steroid dienone is 1. The molecule has 1 atom stereocenters. The first-order valence-electron chi connectivity index (χ1n) is 5.58. The minimum Gasteiger partial charge on any atom is -0.316 e. The van der Waals surface area contributed by atoms with Crippen molar-refractivity contribution in [3.05, 3.63) is 24.8 Å². The molecule has 1 aliphatic heterocycles. The normalized spacial score (nSPS) is 21.5. The van der Waals surface area contributed by atoms with Gasteiger partial charge in [0.15, 0.2) is 0 Å². The lowest BCUT2D eigenvalue weighted by Gasteiger charge is -2.22. The maximum absolute atomic E-state index is 4.17. The summed E-state index contributed by atoms with van der Waals surface area (Å²) in [5, 5.41) is 11.5. The van der Waals surface area contributed by atoms with Crippen molar-refractivity contribution in [2.75, 3.05) is 13.1 Å². The molecule has 0 aliphatic carbocycles. The van der Waals surface area contributed by atoms with Gasteiger partial charge in [-0.1, -0.05) is 6.08 Å². The zero-order chi connectivity index (χ0) is 10.5. The summed E-state index contributed by atoms with van der Waals surface area (Å²) in [5.41, 5.74) is 0. The zero-order valence-electron chi connectivity index (χ0n) is 9.02. The average molecular weight is 206 g/mol. The van der Waals surface area contributed by atoms with Gasteiger partial charge in [0.2, 0.25) is 0 Å². The van der Waals surface area contributed by atoms with Gasteiger partial charge in [-0.15, -0.1) is 16.8 Å². The molecule has 0 radical (unpaired) electrons. The number of piperidine rings is 1. The highest BCUT2D eigenvalue weighted by molar-refractivity contribution is 4.91. The van der Waals surface area contributed by atoms with Crippen LogP contribution in [0.15, 0.2) is 19.0 Å². The Morgan fingerprint density at radius 2 is 2.60 bits per heavy atom. The van der Waals surface area contributed by atoms with E-state index >= 15 is 0 Å². The number of nitrogens with one attached hydrogen (secondary N) is 1. The van der Waals surface area contributed by atoms with Crippen LogP contribution in [-0.2, 0) is 13.0 Å². The van der Waals surface area contributed by atoms with Gasteiger partial charge in [-0.2, -0.15) is 0 Å². The number of rotatable bonds is 4. The Bertz CT molecular complexity index is 312. The molecule has 1 saturated heterocycles.